The Hall–Kier alpha value is -2.89. The van der Waals surface area contributed by atoms with E-state index in [1.165, 1.54) is 6.42 Å². The van der Waals surface area contributed by atoms with Crippen LogP contribution in [0.5, 0.6) is 0 Å². The topological polar surface area (TPSA) is 60.2 Å². The molecule has 1 amide bonds. The number of aryl methyl sites for hydroxylation is 1. The number of piperidine rings is 1. The Morgan fingerprint density at radius 1 is 1.14 bits per heavy atom. The Balaban J connectivity index is 1.30. The van der Waals surface area contributed by atoms with Crippen LogP contribution in [0.25, 0.3) is 22.0 Å². The molecule has 2 aliphatic rings. The summed E-state index contributed by atoms with van der Waals surface area (Å²) in [6.07, 6.45) is 8.78. The van der Waals surface area contributed by atoms with Crippen LogP contribution in [-0.2, 0) is 4.74 Å². The van der Waals surface area contributed by atoms with E-state index in [0.717, 1.165) is 66.5 Å². The summed E-state index contributed by atoms with van der Waals surface area (Å²) in [5, 5.41) is 5.82. The molecule has 0 N–H and O–H groups in total. The van der Waals surface area contributed by atoms with Crippen molar-refractivity contribution in [2.24, 2.45) is 0 Å². The SMILES string of the molecule is Cc1ncccc1-c1ccc2c(cnn2C2CCN(C(=O)OC3CCC3)CC2)c1. The summed E-state index contributed by atoms with van der Waals surface area (Å²) >= 11 is 0. The molecule has 150 valence electrons. The molecule has 0 bridgehead atoms. The van der Waals surface area contributed by atoms with Gasteiger partial charge >= 0.3 is 6.09 Å². The molecule has 1 aromatic carbocycles. The maximum absolute atomic E-state index is 12.3. The molecular formula is C23H26N4O2. The van der Waals surface area contributed by atoms with Gasteiger partial charge in [0.05, 0.1) is 17.8 Å². The molecule has 29 heavy (non-hydrogen) atoms. The van der Waals surface area contributed by atoms with Crippen molar-refractivity contribution in [1.82, 2.24) is 19.7 Å². The number of rotatable bonds is 3. The van der Waals surface area contributed by atoms with Gasteiger partial charge in [0.15, 0.2) is 0 Å². The molecule has 1 saturated heterocycles. The first kappa shape index (κ1) is 18.2. The maximum Gasteiger partial charge on any atom is 0.410 e. The summed E-state index contributed by atoms with van der Waals surface area (Å²) in [7, 11) is 0. The van der Waals surface area contributed by atoms with Crippen LogP contribution in [0.15, 0.2) is 42.7 Å². The van der Waals surface area contributed by atoms with Crippen molar-refractivity contribution >= 4 is 17.0 Å². The van der Waals surface area contributed by atoms with Gasteiger partial charge in [0, 0.05) is 35.9 Å². The largest absolute Gasteiger partial charge is 0.446 e. The molecular weight excluding hydrogens is 364 g/mol. The molecule has 0 radical (unpaired) electrons. The summed E-state index contributed by atoms with van der Waals surface area (Å²) in [4.78, 5) is 18.5. The highest BCUT2D eigenvalue weighted by Gasteiger charge is 2.29. The standard InChI is InChI=1S/C23H26N4O2/c1-16-21(6-3-11-24-16)17-7-8-22-18(14-17)15-25-27(22)19-9-12-26(13-10-19)23(28)29-20-4-2-5-20/h3,6-8,11,14-15,19-20H,2,4-5,9-10,12-13H2,1H3. The average molecular weight is 390 g/mol. The number of aromatic nitrogens is 3. The maximum atomic E-state index is 12.3. The van der Waals surface area contributed by atoms with E-state index >= 15 is 0 Å². The number of fused-ring (bicyclic) bond motifs is 1. The molecule has 3 heterocycles. The molecule has 6 nitrogen and oxygen atoms in total. The van der Waals surface area contributed by atoms with E-state index in [9.17, 15) is 4.79 Å². The Bertz CT molecular complexity index is 1030. The first-order chi connectivity index (χ1) is 14.2. The smallest absolute Gasteiger partial charge is 0.410 e. The van der Waals surface area contributed by atoms with E-state index < -0.39 is 0 Å². The van der Waals surface area contributed by atoms with Crippen LogP contribution in [0.3, 0.4) is 0 Å². The predicted octanol–water partition coefficient (Wildman–Crippen LogP) is 4.73. The van der Waals surface area contributed by atoms with Crippen molar-refractivity contribution in [1.29, 1.82) is 0 Å². The second-order valence-corrected chi connectivity index (χ2v) is 8.15. The molecule has 2 fully saturated rings. The normalized spacial score (nSPS) is 18.0. The van der Waals surface area contributed by atoms with Gasteiger partial charge in [-0.3, -0.25) is 9.67 Å². The number of benzene rings is 1. The minimum atomic E-state index is -0.144. The highest BCUT2D eigenvalue weighted by Crippen LogP contribution is 2.30. The summed E-state index contributed by atoms with van der Waals surface area (Å²) in [5.41, 5.74) is 4.49. The van der Waals surface area contributed by atoms with Gasteiger partial charge in [0.25, 0.3) is 0 Å². The van der Waals surface area contributed by atoms with Gasteiger partial charge in [-0.2, -0.15) is 5.10 Å². The van der Waals surface area contributed by atoms with Crippen molar-refractivity contribution in [3.63, 3.8) is 0 Å². The molecule has 1 aliphatic heterocycles. The lowest BCUT2D eigenvalue weighted by atomic mass is 9.96. The Kier molecular flexibility index (Phi) is 4.70. The molecule has 0 unspecified atom stereocenters. The first-order valence-corrected chi connectivity index (χ1v) is 10.5. The third-order valence-corrected chi connectivity index (χ3v) is 6.30. The monoisotopic (exact) mass is 390 g/mol. The van der Waals surface area contributed by atoms with E-state index in [2.05, 4.69) is 39.0 Å². The summed E-state index contributed by atoms with van der Waals surface area (Å²) in [6, 6.07) is 10.9. The third kappa shape index (κ3) is 3.48. The summed E-state index contributed by atoms with van der Waals surface area (Å²) in [5.74, 6) is 0. The quantitative estimate of drug-likeness (QED) is 0.648. The van der Waals surface area contributed by atoms with Crippen LogP contribution < -0.4 is 0 Å². The van der Waals surface area contributed by atoms with Crippen molar-refractivity contribution in [2.45, 2.75) is 51.2 Å². The number of carbonyl (C=O) groups is 1. The van der Waals surface area contributed by atoms with E-state index in [4.69, 9.17) is 4.74 Å². The van der Waals surface area contributed by atoms with E-state index in [1.54, 1.807) is 0 Å². The molecule has 6 heteroatoms. The number of ether oxygens (including phenoxy) is 1. The minimum absolute atomic E-state index is 0.144. The first-order valence-electron chi connectivity index (χ1n) is 10.5. The number of amides is 1. The molecule has 1 aliphatic carbocycles. The number of carbonyl (C=O) groups excluding carboxylic acids is 1. The number of pyridine rings is 1. The van der Waals surface area contributed by atoms with Crippen LogP contribution in [0, 0.1) is 6.92 Å². The lowest BCUT2D eigenvalue weighted by Crippen LogP contribution is -2.41. The fourth-order valence-electron chi connectivity index (χ4n) is 4.30. The zero-order chi connectivity index (χ0) is 19.8. The van der Waals surface area contributed by atoms with Crippen LogP contribution in [0.4, 0.5) is 4.79 Å². The van der Waals surface area contributed by atoms with Gasteiger partial charge in [-0.05, 0) is 62.8 Å². The predicted molar refractivity (Wildman–Crippen MR) is 112 cm³/mol. The number of nitrogens with zero attached hydrogens (tertiary/aromatic N) is 4. The van der Waals surface area contributed by atoms with Crippen molar-refractivity contribution in [2.75, 3.05) is 13.1 Å². The van der Waals surface area contributed by atoms with Crippen LogP contribution in [0.2, 0.25) is 0 Å². The zero-order valence-electron chi connectivity index (χ0n) is 16.8. The van der Waals surface area contributed by atoms with E-state index in [1.807, 2.05) is 30.3 Å². The molecule has 1 saturated carbocycles. The van der Waals surface area contributed by atoms with E-state index in [-0.39, 0.29) is 12.2 Å². The van der Waals surface area contributed by atoms with Crippen LogP contribution in [0.1, 0.15) is 43.8 Å². The van der Waals surface area contributed by atoms with Gasteiger partial charge in [-0.25, -0.2) is 4.79 Å². The Morgan fingerprint density at radius 3 is 2.69 bits per heavy atom. The molecule has 5 rings (SSSR count). The van der Waals surface area contributed by atoms with Crippen molar-refractivity contribution in [3.8, 4) is 11.1 Å². The number of hydrogen-bond donors (Lipinski definition) is 0. The second kappa shape index (κ2) is 7.50. The molecule has 3 aromatic rings. The summed E-state index contributed by atoms with van der Waals surface area (Å²) < 4.78 is 7.68. The number of hydrogen-bond acceptors (Lipinski definition) is 4. The molecule has 2 aromatic heterocycles. The lowest BCUT2D eigenvalue weighted by Gasteiger charge is -2.34. The van der Waals surface area contributed by atoms with Gasteiger partial charge in [-0.1, -0.05) is 12.1 Å². The lowest BCUT2D eigenvalue weighted by molar-refractivity contribution is 0.0207. The fourth-order valence-corrected chi connectivity index (χ4v) is 4.30. The highest BCUT2D eigenvalue weighted by molar-refractivity contribution is 5.85. The van der Waals surface area contributed by atoms with E-state index in [0.29, 0.717) is 6.04 Å². The zero-order valence-corrected chi connectivity index (χ0v) is 16.8. The minimum Gasteiger partial charge on any atom is -0.446 e. The second-order valence-electron chi connectivity index (χ2n) is 8.15. The Labute approximate surface area is 170 Å². The third-order valence-electron chi connectivity index (χ3n) is 6.30. The van der Waals surface area contributed by atoms with Crippen molar-refractivity contribution < 1.29 is 9.53 Å². The fraction of sp³-hybridized carbons (Fsp3) is 0.435. The van der Waals surface area contributed by atoms with Gasteiger partial charge in [0.2, 0.25) is 0 Å². The van der Waals surface area contributed by atoms with Crippen LogP contribution >= 0.6 is 0 Å². The average Bonchev–Trinajstić information content (AvgIpc) is 3.14. The summed E-state index contributed by atoms with van der Waals surface area (Å²) in [6.45, 7) is 3.49. The Morgan fingerprint density at radius 2 is 1.97 bits per heavy atom. The highest BCUT2D eigenvalue weighted by atomic mass is 16.6. The molecule has 0 atom stereocenters. The number of likely N-dealkylation sites (tertiary alicyclic amines) is 1. The van der Waals surface area contributed by atoms with Gasteiger partial charge in [-0.15, -0.1) is 0 Å². The van der Waals surface area contributed by atoms with Gasteiger partial charge < -0.3 is 9.64 Å². The van der Waals surface area contributed by atoms with Crippen LogP contribution in [-0.4, -0.2) is 45.0 Å². The molecule has 0 spiro atoms. The van der Waals surface area contributed by atoms with Crippen molar-refractivity contribution in [3.05, 3.63) is 48.4 Å². The van der Waals surface area contributed by atoms with Gasteiger partial charge in [0.1, 0.15) is 6.10 Å².